The molecule has 95 heavy (non-hydrogen) atoms. The Morgan fingerprint density at radius 1 is 0.284 bits per heavy atom. The fourth-order valence-electron chi connectivity index (χ4n) is 11.7. The molecular weight excluding hydrogens is 1250 g/mol. The Morgan fingerprint density at radius 3 is 0.716 bits per heavy atom. The molecule has 0 bridgehead atoms. The van der Waals surface area contributed by atoms with Gasteiger partial charge in [0, 0.05) is 25.7 Å². The average molecular weight is 1400 g/mol. The number of hydrogen-bond donors (Lipinski definition) is 3. The molecule has 0 rings (SSSR count). The van der Waals surface area contributed by atoms with Gasteiger partial charge in [-0.15, -0.1) is 0 Å². The van der Waals surface area contributed by atoms with E-state index in [2.05, 4.69) is 41.5 Å². The summed E-state index contributed by atoms with van der Waals surface area (Å²) in [6, 6.07) is 0. The minimum absolute atomic E-state index is 0.107. The Morgan fingerprint density at radius 2 is 0.484 bits per heavy atom. The fraction of sp³-hybridized carbons (Fsp3) is 0.947. The van der Waals surface area contributed by atoms with Gasteiger partial charge in [0.2, 0.25) is 0 Å². The van der Waals surface area contributed by atoms with Gasteiger partial charge in [0.25, 0.3) is 0 Å². The standard InChI is InChI=1S/C76H148O17P2/c1-7-9-11-13-15-17-19-21-22-26-30-33-40-46-52-58-73(78)86-64-71(92-76(81)61-55-49-43-35-31-27-24-23-25-28-32-38-44-50-56-68(3)4)66-90-94(82,83)88-62-70(77)63-89-95(84,85)91-67-72(65-87-74(79)59-53-47-41-37-36-39-45-51-57-69(5)6)93-75(80)60-54-48-42-34-29-20-18-16-14-12-10-8-2/h68-72,77H,7-67H2,1-6H3,(H,82,83)(H,84,85)/t70-,71-,72-/m1/s1. The lowest BCUT2D eigenvalue weighted by Gasteiger charge is -2.21. The second-order valence-electron chi connectivity index (χ2n) is 28.3. The SMILES string of the molecule is CCCCCCCCCCCCCCCCCC(=O)OC[C@H](COP(=O)(O)OC[C@@H](O)COP(=O)(O)OC[C@@H](COC(=O)CCCCCCCCCCC(C)C)OC(=O)CCCCCCCCCCCCCC)OC(=O)CCCCCCCCCCCCCCCCC(C)C. The van der Waals surface area contributed by atoms with Crippen LogP contribution in [0.4, 0.5) is 0 Å². The summed E-state index contributed by atoms with van der Waals surface area (Å²) < 4.78 is 68.5. The zero-order valence-electron chi connectivity index (χ0n) is 62.0. The van der Waals surface area contributed by atoms with Crippen LogP contribution in [-0.4, -0.2) is 96.7 Å². The zero-order chi connectivity index (χ0) is 70.0. The maximum atomic E-state index is 13.1. The first-order chi connectivity index (χ1) is 45.9. The topological polar surface area (TPSA) is 237 Å². The van der Waals surface area contributed by atoms with Crippen LogP contribution in [0.2, 0.25) is 0 Å². The van der Waals surface area contributed by atoms with E-state index < -0.39 is 97.5 Å². The van der Waals surface area contributed by atoms with Crippen molar-refractivity contribution < 1.29 is 80.2 Å². The second kappa shape index (κ2) is 67.9. The Bertz CT molecular complexity index is 1840. The monoisotopic (exact) mass is 1400 g/mol. The van der Waals surface area contributed by atoms with E-state index in [0.717, 1.165) is 102 Å². The number of carbonyl (C=O) groups is 4. The van der Waals surface area contributed by atoms with E-state index in [1.54, 1.807) is 0 Å². The molecule has 0 aliphatic carbocycles. The first-order valence-electron chi connectivity index (χ1n) is 39.5. The highest BCUT2D eigenvalue weighted by Gasteiger charge is 2.30. The first-order valence-corrected chi connectivity index (χ1v) is 42.5. The van der Waals surface area contributed by atoms with Gasteiger partial charge in [-0.3, -0.25) is 37.3 Å². The van der Waals surface area contributed by atoms with Gasteiger partial charge in [0.15, 0.2) is 12.2 Å². The molecule has 0 spiro atoms. The van der Waals surface area contributed by atoms with Gasteiger partial charge in [-0.2, -0.15) is 0 Å². The summed E-state index contributed by atoms with van der Waals surface area (Å²) in [4.78, 5) is 72.8. The predicted molar refractivity (Wildman–Crippen MR) is 386 cm³/mol. The molecule has 0 saturated heterocycles. The molecule has 0 aromatic carbocycles. The summed E-state index contributed by atoms with van der Waals surface area (Å²) in [7, 11) is -9.91. The van der Waals surface area contributed by atoms with Gasteiger partial charge in [-0.1, -0.05) is 343 Å². The largest absolute Gasteiger partial charge is 0.472 e. The van der Waals surface area contributed by atoms with Crippen molar-refractivity contribution in [3.8, 4) is 0 Å². The lowest BCUT2D eigenvalue weighted by Crippen LogP contribution is -2.30. The van der Waals surface area contributed by atoms with E-state index in [1.807, 2.05) is 0 Å². The van der Waals surface area contributed by atoms with Crippen molar-refractivity contribution in [1.29, 1.82) is 0 Å². The third-order valence-electron chi connectivity index (χ3n) is 17.7. The average Bonchev–Trinajstić information content (AvgIpc) is 2.37. The van der Waals surface area contributed by atoms with Crippen LogP contribution in [-0.2, 0) is 65.4 Å². The van der Waals surface area contributed by atoms with Gasteiger partial charge >= 0.3 is 39.5 Å². The molecule has 0 aliphatic heterocycles. The van der Waals surface area contributed by atoms with Crippen LogP contribution < -0.4 is 0 Å². The van der Waals surface area contributed by atoms with Gasteiger partial charge in [0.05, 0.1) is 26.4 Å². The van der Waals surface area contributed by atoms with Crippen molar-refractivity contribution in [2.75, 3.05) is 39.6 Å². The van der Waals surface area contributed by atoms with Crippen LogP contribution in [0.25, 0.3) is 0 Å². The minimum atomic E-state index is -4.96. The van der Waals surface area contributed by atoms with E-state index in [9.17, 15) is 43.2 Å². The van der Waals surface area contributed by atoms with E-state index in [-0.39, 0.29) is 25.7 Å². The highest BCUT2D eigenvalue weighted by atomic mass is 31.2. The summed E-state index contributed by atoms with van der Waals surface area (Å²) in [6.07, 6.45) is 55.4. The molecule has 0 heterocycles. The number of rotatable bonds is 75. The molecule has 3 N–H and O–H groups in total. The van der Waals surface area contributed by atoms with E-state index in [1.165, 1.54) is 212 Å². The quantitative estimate of drug-likeness (QED) is 0.0222. The molecule has 0 fully saturated rings. The van der Waals surface area contributed by atoms with Crippen LogP contribution in [0.1, 0.15) is 395 Å². The van der Waals surface area contributed by atoms with Crippen molar-refractivity contribution in [2.24, 2.45) is 11.8 Å². The first kappa shape index (κ1) is 93.1. The smallest absolute Gasteiger partial charge is 0.462 e. The second-order valence-corrected chi connectivity index (χ2v) is 31.3. The highest BCUT2D eigenvalue weighted by molar-refractivity contribution is 7.47. The number of phosphoric acid groups is 2. The van der Waals surface area contributed by atoms with Crippen molar-refractivity contribution >= 4 is 39.5 Å². The third kappa shape index (κ3) is 70.3. The minimum Gasteiger partial charge on any atom is -0.462 e. The summed E-state index contributed by atoms with van der Waals surface area (Å²) in [5.41, 5.74) is 0. The third-order valence-corrected chi connectivity index (χ3v) is 19.6. The molecule has 564 valence electrons. The Kier molecular flexibility index (Phi) is 66.5. The number of carbonyl (C=O) groups excluding carboxylic acids is 4. The summed E-state index contributed by atoms with van der Waals surface area (Å²) in [5, 5.41) is 10.6. The Hall–Kier alpha value is -1.94. The van der Waals surface area contributed by atoms with Gasteiger partial charge in [-0.05, 0) is 37.5 Å². The summed E-state index contributed by atoms with van der Waals surface area (Å²) in [5.74, 6) is -0.592. The molecule has 0 amide bonds. The Labute approximate surface area is 581 Å². The van der Waals surface area contributed by atoms with Crippen LogP contribution in [0.15, 0.2) is 0 Å². The molecular formula is C76H148O17P2. The lowest BCUT2D eigenvalue weighted by molar-refractivity contribution is -0.161. The van der Waals surface area contributed by atoms with Crippen molar-refractivity contribution in [1.82, 2.24) is 0 Å². The molecule has 0 radical (unpaired) electrons. The fourth-order valence-corrected chi connectivity index (χ4v) is 13.2. The number of esters is 4. The Balaban J connectivity index is 5.25. The van der Waals surface area contributed by atoms with E-state index >= 15 is 0 Å². The maximum absolute atomic E-state index is 13.1. The number of hydrogen-bond acceptors (Lipinski definition) is 15. The van der Waals surface area contributed by atoms with Crippen molar-refractivity contribution in [2.45, 2.75) is 413 Å². The number of ether oxygens (including phenoxy) is 4. The number of phosphoric ester groups is 2. The molecule has 19 heteroatoms. The van der Waals surface area contributed by atoms with Crippen LogP contribution in [0.5, 0.6) is 0 Å². The number of aliphatic hydroxyl groups is 1. The molecule has 0 aromatic rings. The normalized spacial score (nSPS) is 14.0. The van der Waals surface area contributed by atoms with E-state index in [0.29, 0.717) is 25.7 Å². The molecule has 17 nitrogen and oxygen atoms in total. The maximum Gasteiger partial charge on any atom is 0.472 e. The van der Waals surface area contributed by atoms with Crippen molar-refractivity contribution in [3.63, 3.8) is 0 Å². The van der Waals surface area contributed by atoms with Gasteiger partial charge < -0.3 is 33.8 Å². The molecule has 0 aromatic heterocycles. The van der Waals surface area contributed by atoms with E-state index in [4.69, 9.17) is 37.0 Å². The molecule has 0 saturated carbocycles. The summed E-state index contributed by atoms with van der Waals surface area (Å²) >= 11 is 0. The van der Waals surface area contributed by atoms with Crippen molar-refractivity contribution in [3.05, 3.63) is 0 Å². The van der Waals surface area contributed by atoms with Gasteiger partial charge in [0.1, 0.15) is 19.3 Å². The molecule has 2 unspecified atom stereocenters. The van der Waals surface area contributed by atoms with Crippen LogP contribution >= 0.6 is 15.6 Å². The van der Waals surface area contributed by atoms with Crippen LogP contribution in [0, 0.1) is 11.8 Å². The predicted octanol–water partition coefficient (Wildman–Crippen LogP) is 22.3. The molecule has 0 aliphatic rings. The lowest BCUT2D eigenvalue weighted by atomic mass is 10.0. The van der Waals surface area contributed by atoms with Crippen LogP contribution in [0.3, 0.4) is 0 Å². The highest BCUT2D eigenvalue weighted by Crippen LogP contribution is 2.45. The summed E-state index contributed by atoms with van der Waals surface area (Å²) in [6.45, 7) is 9.59. The van der Waals surface area contributed by atoms with Gasteiger partial charge in [-0.25, -0.2) is 9.13 Å². The number of unbranched alkanes of at least 4 members (excludes halogenated alkanes) is 45. The zero-order valence-corrected chi connectivity index (χ0v) is 63.8. The number of aliphatic hydroxyl groups excluding tert-OH is 1. The molecule has 5 atom stereocenters.